The second-order valence-corrected chi connectivity index (χ2v) is 5.76. The summed E-state index contributed by atoms with van der Waals surface area (Å²) in [6.07, 6.45) is 3.64. The number of esters is 1. The lowest BCUT2D eigenvalue weighted by molar-refractivity contribution is -0.385. The van der Waals surface area contributed by atoms with Crippen LogP contribution in [0.1, 0.15) is 21.6 Å². The fourth-order valence-corrected chi connectivity index (χ4v) is 2.69. The average molecular weight is 355 g/mol. The number of rotatable bonds is 4. The maximum atomic E-state index is 12.4. The van der Waals surface area contributed by atoms with E-state index in [0.717, 1.165) is 17.3 Å². The van der Waals surface area contributed by atoms with E-state index in [1.807, 2.05) is 29.7 Å². The van der Waals surface area contributed by atoms with Gasteiger partial charge < -0.3 is 18.6 Å². The zero-order valence-electron chi connectivity index (χ0n) is 13.7. The van der Waals surface area contributed by atoms with Crippen LogP contribution in [0, 0.1) is 17.0 Å². The normalized spacial score (nSPS) is 12.3. The fraction of sp³-hybridized carbons (Fsp3) is 0.176. The molecule has 1 aliphatic heterocycles. The van der Waals surface area contributed by atoms with Crippen LogP contribution in [-0.4, -0.2) is 27.1 Å². The molecule has 2 aromatic heterocycles. The van der Waals surface area contributed by atoms with Crippen molar-refractivity contribution in [1.29, 1.82) is 0 Å². The van der Waals surface area contributed by atoms with Crippen LogP contribution < -0.4 is 9.47 Å². The van der Waals surface area contributed by atoms with Gasteiger partial charge in [-0.15, -0.1) is 0 Å². The van der Waals surface area contributed by atoms with E-state index in [-0.39, 0.29) is 30.5 Å². The number of carbonyl (C=O) groups excluding carboxylic acids is 1. The van der Waals surface area contributed by atoms with Crippen molar-refractivity contribution in [3.8, 4) is 11.5 Å². The molecule has 0 aliphatic carbocycles. The molecule has 0 amide bonds. The summed E-state index contributed by atoms with van der Waals surface area (Å²) in [4.78, 5) is 27.3. The molecular formula is C17H13N3O6. The van der Waals surface area contributed by atoms with Gasteiger partial charge in [0, 0.05) is 18.5 Å². The van der Waals surface area contributed by atoms with Crippen molar-refractivity contribution in [3.63, 3.8) is 0 Å². The summed E-state index contributed by atoms with van der Waals surface area (Å²) in [7, 11) is 0. The Bertz CT molecular complexity index is 1040. The SMILES string of the molecule is Cc1ccc2nc(COC(=O)c3cc4c(cc3[N+](=O)[O-])OCO4)cn2c1. The number of aromatic nitrogens is 2. The molecule has 3 aromatic rings. The molecule has 1 aromatic carbocycles. The minimum atomic E-state index is -0.830. The Balaban J connectivity index is 1.57. The molecule has 9 heteroatoms. The lowest BCUT2D eigenvalue weighted by atomic mass is 10.1. The second kappa shape index (κ2) is 6.03. The van der Waals surface area contributed by atoms with Gasteiger partial charge in [-0.2, -0.15) is 0 Å². The van der Waals surface area contributed by atoms with E-state index in [1.165, 1.54) is 6.07 Å². The highest BCUT2D eigenvalue weighted by Gasteiger charge is 2.28. The first kappa shape index (κ1) is 15.9. The van der Waals surface area contributed by atoms with Gasteiger partial charge >= 0.3 is 5.97 Å². The van der Waals surface area contributed by atoms with Crippen LogP contribution in [0.4, 0.5) is 5.69 Å². The molecule has 0 fully saturated rings. The quantitative estimate of drug-likeness (QED) is 0.402. The average Bonchev–Trinajstić information content (AvgIpc) is 3.23. The number of nitrogens with zero attached hydrogens (tertiary/aromatic N) is 3. The van der Waals surface area contributed by atoms with Gasteiger partial charge in [0.1, 0.15) is 17.8 Å². The standard InChI is InChI=1S/C17H13N3O6/c1-10-2-3-16-18-11(7-19(16)6-10)8-24-17(21)12-4-14-15(26-9-25-14)5-13(12)20(22)23/h2-7H,8-9H2,1H3. The number of hydrogen-bond acceptors (Lipinski definition) is 7. The summed E-state index contributed by atoms with van der Waals surface area (Å²) in [6, 6.07) is 6.19. The Kier molecular flexibility index (Phi) is 3.68. The molecule has 0 atom stereocenters. The van der Waals surface area contributed by atoms with Gasteiger partial charge in [0.05, 0.1) is 16.7 Å². The molecule has 3 heterocycles. The zero-order valence-corrected chi connectivity index (χ0v) is 13.7. The number of benzene rings is 1. The predicted octanol–water partition coefficient (Wildman–Crippen LogP) is 2.64. The van der Waals surface area contributed by atoms with Gasteiger partial charge in [-0.05, 0) is 18.6 Å². The number of ether oxygens (including phenoxy) is 3. The first-order valence-corrected chi connectivity index (χ1v) is 7.70. The molecule has 0 N–H and O–H groups in total. The van der Waals surface area contributed by atoms with Crippen LogP contribution in [0.2, 0.25) is 0 Å². The third-order valence-corrected chi connectivity index (χ3v) is 3.91. The minimum Gasteiger partial charge on any atom is -0.455 e. The predicted molar refractivity (Wildman–Crippen MR) is 88.3 cm³/mol. The first-order chi connectivity index (χ1) is 12.5. The van der Waals surface area contributed by atoms with Crippen molar-refractivity contribution in [3.05, 3.63) is 63.6 Å². The molecule has 1 aliphatic rings. The zero-order chi connectivity index (χ0) is 18.3. The summed E-state index contributed by atoms with van der Waals surface area (Å²) in [5.41, 5.74) is 1.72. The maximum Gasteiger partial charge on any atom is 0.345 e. The Morgan fingerprint density at radius 2 is 2.08 bits per heavy atom. The van der Waals surface area contributed by atoms with Crippen molar-refractivity contribution in [2.24, 2.45) is 0 Å². The van der Waals surface area contributed by atoms with E-state index in [1.54, 1.807) is 6.20 Å². The molecule has 4 rings (SSSR count). The van der Waals surface area contributed by atoms with Gasteiger partial charge in [0.15, 0.2) is 11.5 Å². The molecule has 26 heavy (non-hydrogen) atoms. The summed E-state index contributed by atoms with van der Waals surface area (Å²) in [6.45, 7) is 1.80. The van der Waals surface area contributed by atoms with E-state index in [0.29, 0.717) is 5.69 Å². The number of aryl methyl sites for hydroxylation is 1. The van der Waals surface area contributed by atoms with Crippen LogP contribution in [-0.2, 0) is 11.3 Å². The van der Waals surface area contributed by atoms with Crippen molar-refractivity contribution in [2.45, 2.75) is 13.5 Å². The van der Waals surface area contributed by atoms with Crippen LogP contribution in [0.25, 0.3) is 5.65 Å². The van der Waals surface area contributed by atoms with Crippen LogP contribution >= 0.6 is 0 Å². The van der Waals surface area contributed by atoms with E-state index in [9.17, 15) is 14.9 Å². The summed E-state index contributed by atoms with van der Waals surface area (Å²) < 4.78 is 17.3. The molecule has 0 saturated carbocycles. The third kappa shape index (κ3) is 2.79. The number of fused-ring (bicyclic) bond motifs is 2. The summed E-state index contributed by atoms with van der Waals surface area (Å²) in [5, 5.41) is 11.2. The Morgan fingerprint density at radius 3 is 2.85 bits per heavy atom. The van der Waals surface area contributed by atoms with Gasteiger partial charge in [0.25, 0.3) is 5.69 Å². The van der Waals surface area contributed by atoms with Gasteiger partial charge in [0.2, 0.25) is 6.79 Å². The largest absolute Gasteiger partial charge is 0.455 e. The number of nitro benzene ring substituents is 1. The molecule has 132 valence electrons. The Hall–Kier alpha value is -3.62. The molecule has 0 spiro atoms. The minimum absolute atomic E-state index is 0.0499. The third-order valence-electron chi connectivity index (χ3n) is 3.91. The van der Waals surface area contributed by atoms with Gasteiger partial charge in [-0.25, -0.2) is 9.78 Å². The van der Waals surface area contributed by atoms with Crippen molar-refractivity contribution < 1.29 is 23.9 Å². The maximum absolute atomic E-state index is 12.4. The summed E-state index contributed by atoms with van der Waals surface area (Å²) in [5.74, 6) is -0.335. The second-order valence-electron chi connectivity index (χ2n) is 5.76. The van der Waals surface area contributed by atoms with E-state index >= 15 is 0 Å². The topological polar surface area (TPSA) is 105 Å². The van der Waals surface area contributed by atoms with Crippen LogP contribution in [0.15, 0.2) is 36.7 Å². The highest BCUT2D eigenvalue weighted by Crippen LogP contribution is 2.38. The van der Waals surface area contributed by atoms with E-state index < -0.39 is 16.6 Å². The van der Waals surface area contributed by atoms with E-state index in [2.05, 4.69) is 4.98 Å². The van der Waals surface area contributed by atoms with Crippen LogP contribution in [0.5, 0.6) is 11.5 Å². The van der Waals surface area contributed by atoms with Crippen molar-refractivity contribution in [1.82, 2.24) is 9.38 Å². The van der Waals surface area contributed by atoms with Gasteiger partial charge in [-0.3, -0.25) is 10.1 Å². The van der Waals surface area contributed by atoms with Gasteiger partial charge in [-0.1, -0.05) is 6.07 Å². The lowest BCUT2D eigenvalue weighted by Gasteiger charge is -2.05. The van der Waals surface area contributed by atoms with Crippen molar-refractivity contribution >= 4 is 17.3 Å². The number of imidazole rings is 1. The Labute approximate surface area is 146 Å². The fourth-order valence-electron chi connectivity index (χ4n) is 2.69. The number of hydrogen-bond donors (Lipinski definition) is 0. The Morgan fingerprint density at radius 1 is 1.31 bits per heavy atom. The lowest BCUT2D eigenvalue weighted by Crippen LogP contribution is -2.08. The summed E-state index contributed by atoms with van der Waals surface area (Å²) >= 11 is 0. The highest BCUT2D eigenvalue weighted by molar-refractivity contribution is 5.95. The number of carbonyl (C=O) groups is 1. The molecule has 0 radical (unpaired) electrons. The smallest absolute Gasteiger partial charge is 0.345 e. The van der Waals surface area contributed by atoms with Crippen LogP contribution in [0.3, 0.4) is 0 Å². The molecule has 0 saturated heterocycles. The first-order valence-electron chi connectivity index (χ1n) is 7.70. The monoisotopic (exact) mass is 355 g/mol. The highest BCUT2D eigenvalue weighted by atomic mass is 16.7. The van der Waals surface area contributed by atoms with E-state index in [4.69, 9.17) is 14.2 Å². The molecular weight excluding hydrogens is 342 g/mol. The number of pyridine rings is 1. The number of nitro groups is 1. The molecule has 9 nitrogen and oxygen atoms in total. The molecule has 0 unspecified atom stereocenters. The van der Waals surface area contributed by atoms with Crippen molar-refractivity contribution in [2.75, 3.05) is 6.79 Å². The molecule has 0 bridgehead atoms.